The minimum absolute atomic E-state index is 0. The fourth-order valence-corrected chi connectivity index (χ4v) is 0. The Kier molecular flexibility index (Phi) is 28300000000. The van der Waals surface area contributed by atoms with Crippen LogP contribution in [0.25, 0.3) is 0 Å². The van der Waals surface area contributed by atoms with Crippen molar-refractivity contribution >= 4 is 0 Å². The average Bonchev–Trinajstić information content (AvgIpc) is 0. The minimum atomic E-state index is 0. The summed E-state index contributed by atoms with van der Waals surface area (Å²) in [6.45, 7) is 0. The number of rotatable bonds is 0. The zero-order valence-electron chi connectivity index (χ0n) is 6.41. The molecule has 0 amide bonds. The zero-order valence-corrected chi connectivity index (χ0v) is 7.68. The molecule has 0 saturated heterocycles. The predicted molar refractivity (Wildman–Crippen MR) is 43.4 cm³/mol. The van der Waals surface area contributed by atoms with Gasteiger partial charge in [0.2, 0.25) is 0 Å². The normalized spacial score (nSPS) is 0. The van der Waals surface area contributed by atoms with Gasteiger partial charge >= 0.3 is 0 Å². The van der Waals surface area contributed by atoms with Crippen LogP contribution in [0.2, 0.25) is 0 Å². The number of hydrogen-bond donors (Lipinski definition) is 0. The van der Waals surface area contributed by atoms with Gasteiger partial charge in [0.25, 0.3) is 0 Å². The third-order valence-electron chi connectivity index (χ3n) is 0. The van der Waals surface area contributed by atoms with E-state index in [1.165, 1.54) is 0 Å². The van der Waals surface area contributed by atoms with Crippen LogP contribution in [0.3, 0.4) is 0 Å². The van der Waals surface area contributed by atoms with Gasteiger partial charge in [0, 0.05) is 17.4 Å². The van der Waals surface area contributed by atoms with Crippen LogP contribution in [0.15, 0.2) is 0 Å². The second-order valence-electron chi connectivity index (χ2n) is 0. The van der Waals surface area contributed by atoms with E-state index >= 15 is 0 Å². The maximum atomic E-state index is 0. The Morgan fingerprint density at radius 3 is 0.154 bits per heavy atom. The molecule has 0 spiro atoms. The Morgan fingerprint density at radius 2 is 0.154 bits per heavy atom. The average molecular weight is 268 g/mol. The van der Waals surface area contributed by atoms with Gasteiger partial charge < -0.3 is 65.7 Å². The summed E-state index contributed by atoms with van der Waals surface area (Å²) in [5.74, 6) is 0. The third kappa shape index (κ3) is 442000. The van der Waals surface area contributed by atoms with Crippen molar-refractivity contribution in [3.63, 3.8) is 0 Å². The molecule has 0 aromatic heterocycles. The fraction of sp³-hybridized carbons (Fsp3) is 0. The van der Waals surface area contributed by atoms with Crippen molar-refractivity contribution < 1.29 is 83.1 Å². The monoisotopic (exact) mass is 268 g/mol. The van der Waals surface area contributed by atoms with Gasteiger partial charge in [-0.05, 0) is 0 Å². The molecule has 0 fully saturated rings. The number of hydrogen-bond acceptors (Lipinski definition) is 0. The Hall–Kier alpha value is 0.0525. The molecule has 13 heteroatoms. The summed E-state index contributed by atoms with van der Waals surface area (Å²) in [6.07, 6.45) is 0. The molecular weight excluding hydrogens is 244 g/mol. The van der Waals surface area contributed by atoms with E-state index in [1.807, 2.05) is 0 Å². The van der Waals surface area contributed by atoms with Crippen molar-refractivity contribution in [2.24, 2.45) is 0 Å². The van der Waals surface area contributed by atoms with E-state index in [2.05, 4.69) is 0 Å². The maximum absolute atomic E-state index is 0. The van der Waals surface area contributed by atoms with Crippen molar-refractivity contribution in [1.29, 1.82) is 0 Å². The summed E-state index contributed by atoms with van der Waals surface area (Å²) < 4.78 is 0. The van der Waals surface area contributed by atoms with Gasteiger partial charge in [-0.25, -0.2) is 0 Å². The van der Waals surface area contributed by atoms with Gasteiger partial charge in [-0.15, -0.1) is 0 Å². The third-order valence-corrected chi connectivity index (χ3v) is 0. The van der Waals surface area contributed by atoms with Crippen LogP contribution in [-0.4, -0.2) is 65.7 Å². The molecule has 0 aliphatic carbocycles. The quantitative estimate of drug-likeness (QED) is 0.394. The predicted octanol–water partition coefficient (Wildman–Crippen LogP) is -9.90. The molecule has 0 aromatic carbocycles. The summed E-state index contributed by atoms with van der Waals surface area (Å²) in [6, 6.07) is 0. The van der Waals surface area contributed by atoms with Crippen LogP contribution in [0.4, 0.5) is 0 Å². The summed E-state index contributed by atoms with van der Waals surface area (Å²) in [4.78, 5) is 0. The van der Waals surface area contributed by atoms with Crippen molar-refractivity contribution in [3.05, 3.63) is 0 Å². The Labute approximate surface area is 84.0 Å². The van der Waals surface area contributed by atoms with Gasteiger partial charge in [-0.2, -0.15) is 0 Å². The van der Waals surface area contributed by atoms with Crippen molar-refractivity contribution in [2.45, 2.75) is 0 Å². The Bertz CT molecular complexity index is 5.09. The Balaban J connectivity index is 0. The SMILES string of the molecule is O.O.O.O.O.O.O.O.O.O.O.O.[Cr]. The summed E-state index contributed by atoms with van der Waals surface area (Å²) in [7, 11) is 0. The van der Waals surface area contributed by atoms with Crippen LogP contribution in [0.1, 0.15) is 0 Å². The second-order valence-corrected chi connectivity index (χ2v) is 0. The molecule has 12 nitrogen and oxygen atoms in total. The van der Waals surface area contributed by atoms with E-state index < -0.39 is 0 Å². The summed E-state index contributed by atoms with van der Waals surface area (Å²) in [5.41, 5.74) is 0. The first-order valence-corrected chi connectivity index (χ1v) is 0. The molecule has 0 saturated carbocycles. The molecule has 0 unspecified atom stereocenters. The van der Waals surface area contributed by atoms with Crippen molar-refractivity contribution in [2.75, 3.05) is 0 Å². The summed E-state index contributed by atoms with van der Waals surface area (Å²) in [5, 5.41) is 0. The maximum Gasteiger partial charge on any atom is 0 e. The molecule has 0 rings (SSSR count). The van der Waals surface area contributed by atoms with Gasteiger partial charge in [0.05, 0.1) is 0 Å². The first-order valence-electron chi connectivity index (χ1n) is 0. The molecule has 13 heavy (non-hydrogen) atoms. The van der Waals surface area contributed by atoms with E-state index in [4.69, 9.17) is 0 Å². The van der Waals surface area contributed by atoms with Crippen molar-refractivity contribution in [1.82, 2.24) is 0 Å². The van der Waals surface area contributed by atoms with Crippen LogP contribution >= 0.6 is 0 Å². The van der Waals surface area contributed by atoms with E-state index in [0.29, 0.717) is 0 Å². The molecule has 0 heterocycles. The molecule has 0 aromatic rings. The first kappa shape index (κ1) is 689000. The standard InChI is InChI=1S/Cr.12H2O/h;12*1H2. The smallest absolute Gasteiger partial charge is 0 e. The van der Waals surface area contributed by atoms with Crippen LogP contribution in [-0.2, 0) is 17.4 Å². The van der Waals surface area contributed by atoms with Crippen LogP contribution in [0.5, 0.6) is 0 Å². The van der Waals surface area contributed by atoms with E-state index in [9.17, 15) is 0 Å². The van der Waals surface area contributed by atoms with E-state index in [-0.39, 0.29) is 83.1 Å². The molecule has 24 N–H and O–H groups in total. The van der Waals surface area contributed by atoms with Gasteiger partial charge in [0.1, 0.15) is 0 Å². The molecule has 0 aliphatic heterocycles. The van der Waals surface area contributed by atoms with E-state index in [0.717, 1.165) is 0 Å². The largest absolute Gasteiger partial charge is 0.412 e. The van der Waals surface area contributed by atoms with Gasteiger partial charge in [-0.1, -0.05) is 0 Å². The molecule has 0 aliphatic rings. The summed E-state index contributed by atoms with van der Waals surface area (Å²) >= 11 is 0. The molecule has 0 bridgehead atoms. The second kappa shape index (κ2) is 535000. The van der Waals surface area contributed by atoms with E-state index in [1.54, 1.807) is 0 Å². The zero-order chi connectivity index (χ0) is 0. The fourth-order valence-electron chi connectivity index (χ4n) is 0. The molecule has 0 atom stereocenters. The minimum Gasteiger partial charge on any atom is -0.412 e. The van der Waals surface area contributed by atoms with Crippen molar-refractivity contribution in [3.8, 4) is 0 Å². The van der Waals surface area contributed by atoms with Gasteiger partial charge in [-0.3, -0.25) is 0 Å². The topological polar surface area (TPSA) is 378 Å². The molecule has 0 radical (unpaired) electrons. The Morgan fingerprint density at radius 1 is 0.154 bits per heavy atom. The first-order chi connectivity index (χ1) is 0. The van der Waals surface area contributed by atoms with Crippen LogP contribution in [0, 0.1) is 0 Å². The molecular formula is H24CrO12. The van der Waals surface area contributed by atoms with Crippen LogP contribution < -0.4 is 0 Å². The molecule has 102 valence electrons. The van der Waals surface area contributed by atoms with Gasteiger partial charge in [0.15, 0.2) is 0 Å².